The van der Waals surface area contributed by atoms with E-state index in [1.165, 1.54) is 73.7 Å². The number of unbranched alkanes of at least 4 members (excludes halogenated alkanes) is 1. The fourth-order valence-corrected chi connectivity index (χ4v) is 8.61. The van der Waals surface area contributed by atoms with E-state index in [1.54, 1.807) is 0 Å². The zero-order valence-corrected chi connectivity index (χ0v) is 30.4. The minimum Gasteiger partial charge on any atom is -0.312 e. The first kappa shape index (κ1) is 36.1. The third-order valence-electron chi connectivity index (χ3n) is 11.7. The Morgan fingerprint density at radius 1 is 0.830 bits per heavy atom. The number of hydrogen-bond donors (Lipinski definition) is 1. The molecule has 1 saturated carbocycles. The predicted octanol–water partition coefficient (Wildman–Crippen LogP) is 8.48. The van der Waals surface area contributed by atoms with Crippen LogP contribution in [-0.2, 0) is 12.8 Å². The zero-order valence-electron chi connectivity index (χ0n) is 30.4. The molecule has 1 N–H and O–H groups in total. The van der Waals surface area contributed by atoms with Crippen molar-refractivity contribution in [3.8, 4) is 0 Å². The topological polar surface area (TPSA) is 21.8 Å². The van der Waals surface area contributed by atoms with Gasteiger partial charge in [-0.05, 0) is 112 Å². The molecule has 1 saturated heterocycles. The molecule has 2 aromatic rings. The Morgan fingerprint density at radius 3 is 2.28 bits per heavy atom. The van der Waals surface area contributed by atoms with Crippen LogP contribution in [0.3, 0.4) is 0 Å². The highest BCUT2D eigenvalue weighted by atomic mass is 15.3. The smallest absolute Gasteiger partial charge is 0.0361 e. The van der Waals surface area contributed by atoms with Gasteiger partial charge in [0.05, 0.1) is 0 Å². The van der Waals surface area contributed by atoms with E-state index >= 15 is 0 Å². The van der Waals surface area contributed by atoms with E-state index in [9.17, 15) is 0 Å². The number of piperazine rings is 1. The molecule has 4 unspecified atom stereocenters. The summed E-state index contributed by atoms with van der Waals surface area (Å²) in [4.78, 5) is 8.11. The molecule has 258 valence electrons. The van der Waals surface area contributed by atoms with Gasteiger partial charge in [-0.1, -0.05) is 112 Å². The van der Waals surface area contributed by atoms with Crippen LogP contribution in [0.15, 0.2) is 72.8 Å². The Balaban J connectivity index is 1.14. The number of hydrogen-bond acceptors (Lipinski definition) is 4. The monoisotopic (exact) mass is 639 g/mol. The van der Waals surface area contributed by atoms with Crippen LogP contribution < -0.4 is 5.32 Å². The first-order valence-corrected chi connectivity index (χ1v) is 19.5. The normalized spacial score (nSPS) is 23.2. The SMILES string of the molecule is CCc1ccc(C[C@H](CN2CCN(C(CCN(CC)CC)c3ccc(C)cc3)CC2)NCCCCC2CCCC3C=CC=CC32)cc1. The van der Waals surface area contributed by atoms with Crippen LogP contribution in [0.5, 0.6) is 0 Å². The maximum absolute atomic E-state index is 4.06. The largest absolute Gasteiger partial charge is 0.312 e. The standard InChI is InChI=1S/C43H66N4/c1-5-36-20-22-37(23-21-36)33-41(44-27-11-10-14-39-16-12-15-38-13-8-9-17-42(38)39)34-46-29-31-47(32-30-46)43(26-28-45(6-2)7-3)40-24-18-35(4)19-25-40/h8-9,13,17-25,38-39,41-44H,5-7,10-12,14-16,26-34H2,1-4H3/t38?,39?,41-,42?,43?/m1/s1. The Morgan fingerprint density at radius 2 is 1.55 bits per heavy atom. The van der Waals surface area contributed by atoms with E-state index in [4.69, 9.17) is 0 Å². The molecule has 2 aliphatic carbocycles. The van der Waals surface area contributed by atoms with Crippen LogP contribution in [0.25, 0.3) is 0 Å². The van der Waals surface area contributed by atoms with Gasteiger partial charge in [0.1, 0.15) is 0 Å². The average Bonchev–Trinajstić information content (AvgIpc) is 3.11. The maximum Gasteiger partial charge on any atom is 0.0361 e. The van der Waals surface area contributed by atoms with Crippen molar-refractivity contribution in [2.45, 2.75) is 97.6 Å². The minimum atomic E-state index is 0.495. The fraction of sp³-hybridized carbons (Fsp3) is 0.628. The minimum absolute atomic E-state index is 0.495. The molecular formula is C43H66N4. The van der Waals surface area contributed by atoms with Gasteiger partial charge in [-0.15, -0.1) is 0 Å². The Kier molecular flexibility index (Phi) is 14.6. The summed E-state index contributed by atoms with van der Waals surface area (Å²) in [5.74, 6) is 2.48. The second-order valence-corrected chi connectivity index (χ2v) is 14.8. The summed E-state index contributed by atoms with van der Waals surface area (Å²) in [7, 11) is 0. The summed E-state index contributed by atoms with van der Waals surface area (Å²) in [6.45, 7) is 19.4. The lowest BCUT2D eigenvalue weighted by Crippen LogP contribution is -2.52. The van der Waals surface area contributed by atoms with Crippen molar-refractivity contribution in [1.82, 2.24) is 20.0 Å². The van der Waals surface area contributed by atoms with Gasteiger partial charge in [0, 0.05) is 44.8 Å². The van der Waals surface area contributed by atoms with E-state index in [2.05, 4.69) is 121 Å². The molecular weight excluding hydrogens is 573 g/mol. The van der Waals surface area contributed by atoms with E-state index in [0.29, 0.717) is 12.1 Å². The molecule has 2 fully saturated rings. The highest BCUT2D eigenvalue weighted by molar-refractivity contribution is 5.25. The molecule has 5 atom stereocenters. The van der Waals surface area contributed by atoms with Crippen molar-refractivity contribution in [3.05, 3.63) is 95.1 Å². The van der Waals surface area contributed by atoms with Gasteiger partial charge in [0.15, 0.2) is 0 Å². The summed E-state index contributed by atoms with van der Waals surface area (Å²) in [6.07, 6.45) is 21.3. The zero-order chi connectivity index (χ0) is 32.8. The molecule has 1 heterocycles. The van der Waals surface area contributed by atoms with Gasteiger partial charge in [0.2, 0.25) is 0 Å². The third-order valence-corrected chi connectivity index (χ3v) is 11.7. The van der Waals surface area contributed by atoms with Crippen molar-refractivity contribution >= 4 is 0 Å². The Bertz CT molecular complexity index is 1210. The van der Waals surface area contributed by atoms with Crippen LogP contribution in [0.1, 0.15) is 94.0 Å². The maximum atomic E-state index is 4.06. The van der Waals surface area contributed by atoms with Crippen molar-refractivity contribution < 1.29 is 0 Å². The van der Waals surface area contributed by atoms with Crippen LogP contribution in [0.4, 0.5) is 0 Å². The van der Waals surface area contributed by atoms with Crippen LogP contribution in [-0.4, -0.2) is 79.6 Å². The number of aryl methyl sites for hydroxylation is 2. The average molecular weight is 639 g/mol. The first-order valence-electron chi connectivity index (χ1n) is 19.5. The van der Waals surface area contributed by atoms with Gasteiger partial charge in [-0.3, -0.25) is 9.80 Å². The molecule has 1 aliphatic heterocycles. The van der Waals surface area contributed by atoms with Crippen LogP contribution >= 0.6 is 0 Å². The number of fused-ring (bicyclic) bond motifs is 1. The molecule has 47 heavy (non-hydrogen) atoms. The second-order valence-electron chi connectivity index (χ2n) is 14.8. The van der Waals surface area contributed by atoms with Gasteiger partial charge in [-0.25, -0.2) is 0 Å². The molecule has 0 aromatic heterocycles. The lowest BCUT2D eigenvalue weighted by atomic mass is 9.69. The number of allylic oxidation sites excluding steroid dienone is 4. The number of benzene rings is 2. The molecule has 5 rings (SSSR count). The second kappa shape index (κ2) is 19.1. The van der Waals surface area contributed by atoms with Gasteiger partial charge >= 0.3 is 0 Å². The van der Waals surface area contributed by atoms with Crippen molar-refractivity contribution in [1.29, 1.82) is 0 Å². The van der Waals surface area contributed by atoms with Crippen molar-refractivity contribution in [3.63, 3.8) is 0 Å². The predicted molar refractivity (Wildman–Crippen MR) is 202 cm³/mol. The first-order chi connectivity index (χ1) is 23.1. The quantitative estimate of drug-likeness (QED) is 0.165. The van der Waals surface area contributed by atoms with E-state index in [0.717, 1.165) is 83.0 Å². The van der Waals surface area contributed by atoms with Crippen molar-refractivity contribution in [2.24, 2.45) is 17.8 Å². The van der Waals surface area contributed by atoms with E-state index < -0.39 is 0 Å². The van der Waals surface area contributed by atoms with Gasteiger partial charge in [-0.2, -0.15) is 0 Å². The van der Waals surface area contributed by atoms with E-state index in [1.807, 2.05) is 0 Å². The molecule has 0 radical (unpaired) electrons. The lowest BCUT2D eigenvalue weighted by Gasteiger charge is -2.41. The van der Waals surface area contributed by atoms with Crippen molar-refractivity contribution in [2.75, 3.05) is 58.9 Å². The number of nitrogens with one attached hydrogen (secondary N) is 1. The summed E-state index contributed by atoms with van der Waals surface area (Å²) in [6, 6.07) is 19.8. The van der Waals surface area contributed by atoms with Crippen LogP contribution in [0, 0.1) is 24.7 Å². The Labute approximate surface area is 288 Å². The Hall–Kier alpha value is -2.24. The highest BCUT2D eigenvalue weighted by Crippen LogP contribution is 2.40. The fourth-order valence-electron chi connectivity index (χ4n) is 8.61. The summed E-state index contributed by atoms with van der Waals surface area (Å²) < 4.78 is 0. The third kappa shape index (κ3) is 10.9. The molecule has 0 bridgehead atoms. The molecule has 4 nitrogen and oxygen atoms in total. The lowest BCUT2D eigenvalue weighted by molar-refractivity contribution is 0.0806. The highest BCUT2D eigenvalue weighted by Gasteiger charge is 2.31. The molecule has 0 amide bonds. The van der Waals surface area contributed by atoms with E-state index in [-0.39, 0.29) is 0 Å². The summed E-state index contributed by atoms with van der Waals surface area (Å²) >= 11 is 0. The molecule has 4 heteroatoms. The molecule has 0 spiro atoms. The van der Waals surface area contributed by atoms with Gasteiger partial charge < -0.3 is 10.2 Å². The van der Waals surface area contributed by atoms with Gasteiger partial charge in [0.25, 0.3) is 0 Å². The van der Waals surface area contributed by atoms with Crippen LogP contribution in [0.2, 0.25) is 0 Å². The number of rotatable bonds is 18. The molecule has 3 aliphatic rings. The summed E-state index contributed by atoms with van der Waals surface area (Å²) in [5, 5.41) is 4.06. The molecule has 2 aromatic carbocycles. The number of nitrogens with zero attached hydrogens (tertiary/aromatic N) is 3. The summed E-state index contributed by atoms with van der Waals surface area (Å²) in [5.41, 5.74) is 5.75.